The van der Waals surface area contributed by atoms with Gasteiger partial charge in [0, 0.05) is 18.8 Å². The summed E-state index contributed by atoms with van der Waals surface area (Å²) in [5.74, 6) is 2.22. The second-order valence-corrected chi connectivity index (χ2v) is 11.4. The summed E-state index contributed by atoms with van der Waals surface area (Å²) in [6.07, 6.45) is 1.000. The van der Waals surface area contributed by atoms with Gasteiger partial charge >= 0.3 is 0 Å². The predicted octanol–water partition coefficient (Wildman–Crippen LogP) is 4.24. The normalized spacial score (nSPS) is 13.8. The zero-order chi connectivity index (χ0) is 21.8. The number of anilines is 1. The van der Waals surface area contributed by atoms with Crippen molar-refractivity contribution in [3.8, 4) is 0 Å². The maximum absolute atomic E-state index is 13.7. The molecule has 0 bridgehead atoms. The molecule has 0 saturated carbocycles. The Morgan fingerprint density at radius 1 is 0.688 bits per heavy atom. The van der Waals surface area contributed by atoms with Crippen LogP contribution in [0.1, 0.15) is 5.56 Å². The van der Waals surface area contributed by atoms with Crippen LogP contribution in [0.25, 0.3) is 0 Å². The fourth-order valence-electron chi connectivity index (χ4n) is 4.68. The Hall–Kier alpha value is -3.35. The van der Waals surface area contributed by atoms with E-state index in [0.29, 0.717) is 6.54 Å². The highest BCUT2D eigenvalue weighted by Crippen LogP contribution is 2.57. The van der Waals surface area contributed by atoms with E-state index in [1.807, 2.05) is 24.0 Å². The molecule has 0 amide bonds. The highest BCUT2D eigenvalue weighted by Gasteiger charge is 2.43. The number of benzene rings is 4. The fourth-order valence-corrected chi connectivity index (χ4v) is 8.46. The van der Waals surface area contributed by atoms with Crippen LogP contribution in [0.4, 0.5) is 5.69 Å². The van der Waals surface area contributed by atoms with Gasteiger partial charge in [0.1, 0.15) is 23.2 Å². The summed E-state index contributed by atoms with van der Waals surface area (Å²) >= 11 is 0. The number of nitrogens with zero attached hydrogens (tertiary/aromatic N) is 1. The van der Waals surface area contributed by atoms with Crippen molar-refractivity contribution in [1.29, 1.82) is 0 Å². The SMILES string of the molecule is [O-]/C(=C\[P+](c1ccccc1)(c1ccccc1)c1ccccc1)CN1CCc2ccccc21. The van der Waals surface area contributed by atoms with Crippen LogP contribution in [0.15, 0.2) is 127 Å². The summed E-state index contributed by atoms with van der Waals surface area (Å²) < 4.78 is 0. The molecule has 1 aliphatic rings. The van der Waals surface area contributed by atoms with E-state index in [4.69, 9.17) is 0 Å². The first-order valence-electron chi connectivity index (χ1n) is 11.0. The first-order chi connectivity index (χ1) is 15.8. The summed E-state index contributed by atoms with van der Waals surface area (Å²) in [7, 11) is -2.25. The molecule has 0 atom stereocenters. The van der Waals surface area contributed by atoms with Gasteiger partial charge in [-0.05, 0) is 54.4 Å². The fraction of sp³-hybridized carbons (Fsp3) is 0.103. The standard InChI is InChI=1S/C29H26NOP/c31-25(22-30-21-20-24-12-10-11-19-29(24)30)23-32(26-13-4-1-5-14-26,27-15-6-2-7-16-27)28-17-8-3-9-18-28/h1-19,23H,20-22H2/b25-23-. The Bertz CT molecular complexity index is 1110. The van der Waals surface area contributed by atoms with E-state index < -0.39 is 7.26 Å². The first kappa shape index (κ1) is 20.5. The Balaban J connectivity index is 1.65. The van der Waals surface area contributed by atoms with Crippen LogP contribution in [-0.4, -0.2) is 13.1 Å². The first-order valence-corrected chi connectivity index (χ1v) is 12.9. The van der Waals surface area contributed by atoms with E-state index >= 15 is 0 Å². The molecular formula is C29H26NOP. The van der Waals surface area contributed by atoms with Gasteiger partial charge < -0.3 is 10.0 Å². The Morgan fingerprint density at radius 2 is 1.16 bits per heavy atom. The molecule has 0 radical (unpaired) electrons. The van der Waals surface area contributed by atoms with Gasteiger partial charge in [-0.1, -0.05) is 78.6 Å². The zero-order valence-corrected chi connectivity index (χ0v) is 18.9. The summed E-state index contributed by atoms with van der Waals surface area (Å²) in [6.45, 7) is 1.30. The molecule has 1 aliphatic heterocycles. The third-order valence-electron chi connectivity index (χ3n) is 6.16. The van der Waals surface area contributed by atoms with Gasteiger partial charge in [-0.25, -0.2) is 0 Å². The van der Waals surface area contributed by atoms with Crippen molar-refractivity contribution in [2.45, 2.75) is 6.42 Å². The van der Waals surface area contributed by atoms with Gasteiger partial charge in [0.15, 0.2) is 0 Å². The molecule has 4 aromatic rings. The molecular weight excluding hydrogens is 409 g/mol. The average Bonchev–Trinajstić information content (AvgIpc) is 3.27. The number of hydrogen-bond acceptors (Lipinski definition) is 2. The van der Waals surface area contributed by atoms with Crippen molar-refractivity contribution in [2.75, 3.05) is 18.0 Å². The predicted molar refractivity (Wildman–Crippen MR) is 136 cm³/mol. The molecule has 0 spiro atoms. The summed E-state index contributed by atoms with van der Waals surface area (Å²) in [5.41, 5.74) is 2.52. The summed E-state index contributed by atoms with van der Waals surface area (Å²) in [4.78, 5) is 2.23. The summed E-state index contributed by atoms with van der Waals surface area (Å²) in [5, 5.41) is 17.3. The molecule has 0 saturated heterocycles. The van der Waals surface area contributed by atoms with Gasteiger partial charge in [-0.15, -0.1) is 0 Å². The highest BCUT2D eigenvalue weighted by atomic mass is 31.2. The van der Waals surface area contributed by atoms with E-state index in [1.54, 1.807) is 0 Å². The number of rotatable bonds is 6. The molecule has 32 heavy (non-hydrogen) atoms. The van der Waals surface area contributed by atoms with Crippen LogP contribution in [0.3, 0.4) is 0 Å². The van der Waals surface area contributed by atoms with Crippen molar-refractivity contribution in [3.63, 3.8) is 0 Å². The second-order valence-electron chi connectivity index (χ2n) is 8.13. The van der Waals surface area contributed by atoms with Crippen LogP contribution in [0, 0.1) is 0 Å². The van der Waals surface area contributed by atoms with Gasteiger partial charge in [-0.2, -0.15) is 0 Å². The third-order valence-corrected chi connectivity index (χ3v) is 10.2. The quantitative estimate of drug-likeness (QED) is 0.334. The molecule has 0 unspecified atom stereocenters. The zero-order valence-electron chi connectivity index (χ0n) is 18.0. The van der Waals surface area contributed by atoms with E-state index in [0.717, 1.165) is 13.0 Å². The average molecular weight is 436 g/mol. The van der Waals surface area contributed by atoms with Crippen LogP contribution in [0.2, 0.25) is 0 Å². The highest BCUT2D eigenvalue weighted by molar-refractivity contribution is 7.98. The van der Waals surface area contributed by atoms with E-state index in [1.165, 1.54) is 27.2 Å². The largest absolute Gasteiger partial charge is 0.872 e. The lowest BCUT2D eigenvalue weighted by molar-refractivity contribution is -0.302. The third kappa shape index (κ3) is 3.83. The van der Waals surface area contributed by atoms with E-state index in [2.05, 4.69) is 102 Å². The molecule has 1 heterocycles. The van der Waals surface area contributed by atoms with Crippen LogP contribution in [0.5, 0.6) is 0 Å². The van der Waals surface area contributed by atoms with Crippen molar-refractivity contribution < 1.29 is 5.11 Å². The second kappa shape index (κ2) is 9.02. The Labute approximate surface area is 190 Å². The lowest BCUT2D eigenvalue weighted by Crippen LogP contribution is -2.33. The molecule has 5 rings (SSSR count). The minimum Gasteiger partial charge on any atom is -0.872 e. The van der Waals surface area contributed by atoms with Gasteiger partial charge in [0.2, 0.25) is 0 Å². The Kier molecular flexibility index (Phi) is 5.79. The Morgan fingerprint density at radius 3 is 1.69 bits per heavy atom. The van der Waals surface area contributed by atoms with Crippen LogP contribution in [-0.2, 0) is 6.42 Å². The maximum atomic E-state index is 13.7. The minimum absolute atomic E-state index is 0.173. The molecule has 158 valence electrons. The van der Waals surface area contributed by atoms with Crippen LogP contribution >= 0.6 is 7.26 Å². The minimum atomic E-state index is -2.25. The summed E-state index contributed by atoms with van der Waals surface area (Å²) in [6, 6.07) is 40.0. The molecule has 4 aromatic carbocycles. The lowest BCUT2D eigenvalue weighted by atomic mass is 10.2. The lowest BCUT2D eigenvalue weighted by Gasteiger charge is -2.29. The topological polar surface area (TPSA) is 26.3 Å². The van der Waals surface area contributed by atoms with Crippen LogP contribution < -0.4 is 25.9 Å². The van der Waals surface area contributed by atoms with Gasteiger partial charge in [0.05, 0.1) is 5.82 Å². The molecule has 2 nitrogen and oxygen atoms in total. The number of fused-ring (bicyclic) bond motifs is 1. The van der Waals surface area contributed by atoms with E-state index in [9.17, 15) is 5.11 Å². The molecule has 0 fully saturated rings. The van der Waals surface area contributed by atoms with Crippen molar-refractivity contribution in [3.05, 3.63) is 132 Å². The molecule has 3 heteroatoms. The monoisotopic (exact) mass is 435 g/mol. The van der Waals surface area contributed by atoms with Crippen molar-refractivity contribution >= 4 is 28.9 Å². The van der Waals surface area contributed by atoms with E-state index in [-0.39, 0.29) is 5.76 Å². The van der Waals surface area contributed by atoms with Crippen molar-refractivity contribution in [2.24, 2.45) is 0 Å². The maximum Gasteiger partial charge on any atom is 0.136 e. The van der Waals surface area contributed by atoms with Crippen molar-refractivity contribution in [1.82, 2.24) is 0 Å². The smallest absolute Gasteiger partial charge is 0.136 e. The van der Waals surface area contributed by atoms with Gasteiger partial charge in [-0.3, -0.25) is 0 Å². The molecule has 0 N–H and O–H groups in total. The molecule has 0 aromatic heterocycles. The number of hydrogen-bond donors (Lipinski definition) is 0. The molecule has 0 aliphatic carbocycles. The number of para-hydroxylation sites is 1. The van der Waals surface area contributed by atoms with Gasteiger partial charge in [0.25, 0.3) is 0 Å².